The topological polar surface area (TPSA) is 58.2 Å². The SMILES string of the molecule is CC1CC(=O)N[C@H](C2(C)CC2)C1C(=O)Nc1cccc(Br)c1. The first-order valence-electron chi connectivity index (χ1n) is 7.75. The van der Waals surface area contributed by atoms with Crippen LogP contribution < -0.4 is 10.6 Å². The fourth-order valence-corrected chi connectivity index (χ4v) is 3.79. The summed E-state index contributed by atoms with van der Waals surface area (Å²) in [5.41, 5.74) is 0.854. The van der Waals surface area contributed by atoms with Gasteiger partial charge in [-0.3, -0.25) is 9.59 Å². The molecule has 2 fully saturated rings. The van der Waals surface area contributed by atoms with E-state index in [4.69, 9.17) is 0 Å². The largest absolute Gasteiger partial charge is 0.352 e. The van der Waals surface area contributed by atoms with Crippen LogP contribution in [-0.4, -0.2) is 17.9 Å². The second-order valence-corrected chi connectivity index (χ2v) is 7.82. The van der Waals surface area contributed by atoms with E-state index in [1.54, 1.807) is 0 Å². The number of hydrogen-bond acceptors (Lipinski definition) is 2. The molecule has 1 saturated carbocycles. The van der Waals surface area contributed by atoms with Crippen LogP contribution in [0.3, 0.4) is 0 Å². The molecular formula is C17H21BrN2O2. The highest BCUT2D eigenvalue weighted by atomic mass is 79.9. The summed E-state index contributed by atoms with van der Waals surface area (Å²) in [6.45, 7) is 4.16. The van der Waals surface area contributed by atoms with E-state index in [9.17, 15) is 9.59 Å². The highest BCUT2D eigenvalue weighted by Gasteiger charge is 2.53. The van der Waals surface area contributed by atoms with Gasteiger partial charge in [0.1, 0.15) is 0 Å². The smallest absolute Gasteiger partial charge is 0.229 e. The molecule has 1 aromatic rings. The quantitative estimate of drug-likeness (QED) is 0.863. The van der Waals surface area contributed by atoms with Crippen molar-refractivity contribution in [1.82, 2.24) is 5.32 Å². The Hall–Kier alpha value is -1.36. The van der Waals surface area contributed by atoms with Gasteiger partial charge in [0, 0.05) is 22.6 Å². The molecule has 1 aliphatic carbocycles. The molecule has 0 aromatic heterocycles. The Morgan fingerprint density at radius 2 is 2.14 bits per heavy atom. The monoisotopic (exact) mass is 364 g/mol. The summed E-state index contributed by atoms with van der Waals surface area (Å²) < 4.78 is 0.931. The lowest BCUT2D eigenvalue weighted by Crippen LogP contribution is -2.56. The summed E-state index contributed by atoms with van der Waals surface area (Å²) in [5, 5.41) is 6.08. The molecule has 2 amide bonds. The van der Waals surface area contributed by atoms with Crippen molar-refractivity contribution in [3.05, 3.63) is 28.7 Å². The molecule has 0 radical (unpaired) electrons. The number of anilines is 1. The number of carbonyl (C=O) groups excluding carboxylic acids is 2. The fraction of sp³-hybridized carbons (Fsp3) is 0.529. The summed E-state index contributed by atoms with van der Waals surface area (Å²) in [4.78, 5) is 24.7. The van der Waals surface area contributed by atoms with Crippen LogP contribution in [0.4, 0.5) is 5.69 Å². The Morgan fingerprint density at radius 3 is 2.77 bits per heavy atom. The zero-order valence-corrected chi connectivity index (χ0v) is 14.4. The van der Waals surface area contributed by atoms with Gasteiger partial charge in [-0.15, -0.1) is 0 Å². The summed E-state index contributed by atoms with van der Waals surface area (Å²) in [6.07, 6.45) is 2.57. The Labute approximate surface area is 139 Å². The molecule has 3 rings (SSSR count). The number of piperidine rings is 1. The van der Waals surface area contributed by atoms with Crippen molar-refractivity contribution in [2.24, 2.45) is 17.3 Å². The van der Waals surface area contributed by atoms with Gasteiger partial charge in [0.05, 0.1) is 5.92 Å². The maximum atomic E-state index is 12.8. The molecule has 1 aliphatic heterocycles. The third-order valence-corrected chi connectivity index (χ3v) is 5.47. The molecular weight excluding hydrogens is 344 g/mol. The molecule has 2 unspecified atom stereocenters. The van der Waals surface area contributed by atoms with E-state index in [-0.39, 0.29) is 35.1 Å². The lowest BCUT2D eigenvalue weighted by Gasteiger charge is -2.39. The van der Waals surface area contributed by atoms with Gasteiger partial charge in [-0.2, -0.15) is 0 Å². The van der Waals surface area contributed by atoms with Crippen LogP contribution in [-0.2, 0) is 9.59 Å². The first kappa shape index (κ1) is 15.5. The lowest BCUT2D eigenvalue weighted by molar-refractivity contribution is -0.132. The van der Waals surface area contributed by atoms with Crippen molar-refractivity contribution in [3.8, 4) is 0 Å². The molecule has 1 aromatic carbocycles. The minimum atomic E-state index is -0.177. The van der Waals surface area contributed by atoms with Crippen molar-refractivity contribution in [1.29, 1.82) is 0 Å². The zero-order chi connectivity index (χ0) is 15.9. The number of nitrogens with one attached hydrogen (secondary N) is 2. The van der Waals surface area contributed by atoms with E-state index in [1.807, 2.05) is 31.2 Å². The summed E-state index contributed by atoms with van der Waals surface area (Å²) in [5.74, 6) is -0.0478. The molecule has 2 N–H and O–H groups in total. The highest BCUT2D eigenvalue weighted by molar-refractivity contribution is 9.10. The van der Waals surface area contributed by atoms with Gasteiger partial charge in [-0.1, -0.05) is 35.8 Å². The van der Waals surface area contributed by atoms with E-state index < -0.39 is 0 Å². The molecule has 1 saturated heterocycles. The minimum Gasteiger partial charge on any atom is -0.352 e. The third kappa shape index (κ3) is 3.05. The molecule has 2 aliphatic rings. The van der Waals surface area contributed by atoms with Crippen LogP contribution in [0.2, 0.25) is 0 Å². The van der Waals surface area contributed by atoms with Gasteiger partial charge >= 0.3 is 0 Å². The molecule has 5 heteroatoms. The lowest BCUT2D eigenvalue weighted by atomic mass is 9.74. The van der Waals surface area contributed by atoms with E-state index in [2.05, 4.69) is 33.5 Å². The maximum absolute atomic E-state index is 12.8. The van der Waals surface area contributed by atoms with E-state index in [0.717, 1.165) is 23.0 Å². The molecule has 1 heterocycles. The zero-order valence-electron chi connectivity index (χ0n) is 12.9. The van der Waals surface area contributed by atoms with Crippen LogP contribution in [0, 0.1) is 17.3 Å². The van der Waals surface area contributed by atoms with Crippen molar-refractivity contribution < 1.29 is 9.59 Å². The van der Waals surface area contributed by atoms with Crippen molar-refractivity contribution in [2.45, 2.75) is 39.2 Å². The van der Waals surface area contributed by atoms with Crippen molar-refractivity contribution in [2.75, 3.05) is 5.32 Å². The van der Waals surface area contributed by atoms with Gasteiger partial charge in [0.2, 0.25) is 11.8 Å². The van der Waals surface area contributed by atoms with E-state index in [0.29, 0.717) is 6.42 Å². The molecule has 118 valence electrons. The van der Waals surface area contributed by atoms with Crippen LogP contribution in [0.15, 0.2) is 28.7 Å². The maximum Gasteiger partial charge on any atom is 0.229 e. The minimum absolute atomic E-state index is 0.00345. The van der Waals surface area contributed by atoms with Crippen LogP contribution in [0.5, 0.6) is 0 Å². The average molecular weight is 365 g/mol. The molecule has 4 nitrogen and oxygen atoms in total. The van der Waals surface area contributed by atoms with Crippen molar-refractivity contribution >= 4 is 33.4 Å². The summed E-state index contributed by atoms with van der Waals surface area (Å²) in [7, 11) is 0. The van der Waals surface area contributed by atoms with Crippen LogP contribution in [0.1, 0.15) is 33.1 Å². The number of rotatable bonds is 3. The average Bonchev–Trinajstić information content (AvgIpc) is 3.17. The van der Waals surface area contributed by atoms with Gasteiger partial charge in [-0.25, -0.2) is 0 Å². The van der Waals surface area contributed by atoms with Gasteiger partial charge in [0.15, 0.2) is 0 Å². The second kappa shape index (κ2) is 5.69. The first-order valence-corrected chi connectivity index (χ1v) is 8.54. The van der Waals surface area contributed by atoms with Gasteiger partial charge in [-0.05, 0) is 42.4 Å². The number of benzene rings is 1. The number of halogens is 1. The van der Waals surface area contributed by atoms with Crippen molar-refractivity contribution in [3.63, 3.8) is 0 Å². The highest BCUT2D eigenvalue weighted by Crippen LogP contribution is 2.52. The Kier molecular flexibility index (Phi) is 4.02. The summed E-state index contributed by atoms with van der Waals surface area (Å²) >= 11 is 3.41. The van der Waals surface area contributed by atoms with Crippen LogP contribution >= 0.6 is 15.9 Å². The number of amides is 2. The molecule has 0 spiro atoms. The predicted octanol–water partition coefficient (Wildman–Crippen LogP) is 3.33. The van der Waals surface area contributed by atoms with Gasteiger partial charge < -0.3 is 10.6 Å². The Bertz CT molecular complexity index is 612. The van der Waals surface area contributed by atoms with Crippen LogP contribution in [0.25, 0.3) is 0 Å². The predicted molar refractivity (Wildman–Crippen MR) is 89.3 cm³/mol. The number of hydrogen-bond donors (Lipinski definition) is 2. The second-order valence-electron chi connectivity index (χ2n) is 6.91. The summed E-state index contributed by atoms with van der Waals surface area (Å²) in [6, 6.07) is 7.52. The van der Waals surface area contributed by atoms with E-state index >= 15 is 0 Å². The molecule has 3 atom stereocenters. The van der Waals surface area contributed by atoms with E-state index in [1.165, 1.54) is 0 Å². The van der Waals surface area contributed by atoms with Gasteiger partial charge in [0.25, 0.3) is 0 Å². The number of carbonyl (C=O) groups is 2. The normalized spacial score (nSPS) is 29.6. The third-order valence-electron chi connectivity index (χ3n) is 4.98. The fourth-order valence-electron chi connectivity index (χ4n) is 3.39. The molecule has 22 heavy (non-hydrogen) atoms. The molecule has 0 bridgehead atoms. The Balaban J connectivity index is 1.80. The standard InChI is InChI=1S/C17H21BrN2O2/c1-10-8-13(21)20-15(17(2)6-7-17)14(10)16(22)19-12-5-3-4-11(18)9-12/h3-5,9-10,14-15H,6-8H2,1-2H3,(H,19,22)(H,20,21)/t10?,14?,15-/m0/s1. The Morgan fingerprint density at radius 1 is 1.41 bits per heavy atom. The first-order chi connectivity index (χ1) is 10.4.